The number of benzene rings is 2. The van der Waals surface area contributed by atoms with E-state index in [2.05, 4.69) is 15.0 Å². The summed E-state index contributed by atoms with van der Waals surface area (Å²) in [6, 6.07) is 19.5. The van der Waals surface area contributed by atoms with E-state index in [1.807, 2.05) is 68.4 Å². The Balaban J connectivity index is 1.35. The lowest BCUT2D eigenvalue weighted by atomic mass is 9.84. The van der Waals surface area contributed by atoms with Gasteiger partial charge in [0.15, 0.2) is 0 Å². The third kappa shape index (κ3) is 6.87. The van der Waals surface area contributed by atoms with Crippen molar-refractivity contribution in [2.24, 2.45) is 5.92 Å². The first-order valence-electron chi connectivity index (χ1n) is 13.1. The van der Waals surface area contributed by atoms with Gasteiger partial charge in [-0.25, -0.2) is 13.1 Å². The topological polar surface area (TPSA) is 108 Å². The SMILES string of the molecule is Cc1cc(-c2ccc(S(=O)(=O)NC3CCC(C(=O)N[C@@H](c4ccccc4)C(C)(C)O)CC3)cc2)cc(C)n1. The molecule has 1 amide bonds. The zero-order valence-corrected chi connectivity index (χ0v) is 23.3. The molecule has 1 fully saturated rings. The lowest BCUT2D eigenvalue weighted by molar-refractivity contribution is -0.128. The number of carbonyl (C=O) groups excluding carboxylic acids is 1. The van der Waals surface area contributed by atoms with Crippen molar-refractivity contribution in [3.05, 3.63) is 83.7 Å². The molecule has 8 heteroatoms. The maximum atomic E-state index is 13.1. The van der Waals surface area contributed by atoms with E-state index >= 15 is 0 Å². The van der Waals surface area contributed by atoms with Crippen molar-refractivity contribution in [3.63, 3.8) is 0 Å². The Hall–Kier alpha value is -3.07. The average Bonchev–Trinajstić information content (AvgIpc) is 2.87. The number of sulfonamides is 1. The quantitative estimate of drug-likeness (QED) is 0.383. The number of aliphatic hydroxyl groups is 1. The third-order valence-electron chi connectivity index (χ3n) is 7.13. The molecule has 3 N–H and O–H groups in total. The summed E-state index contributed by atoms with van der Waals surface area (Å²) in [6.07, 6.45) is 2.30. The molecule has 1 aliphatic carbocycles. The van der Waals surface area contributed by atoms with E-state index in [4.69, 9.17) is 0 Å². The van der Waals surface area contributed by atoms with Crippen molar-refractivity contribution >= 4 is 15.9 Å². The number of carbonyl (C=O) groups is 1. The zero-order valence-electron chi connectivity index (χ0n) is 22.4. The van der Waals surface area contributed by atoms with E-state index in [0.29, 0.717) is 25.7 Å². The number of nitrogens with zero attached hydrogens (tertiary/aromatic N) is 1. The molecule has 0 bridgehead atoms. The molecule has 0 spiro atoms. The third-order valence-corrected chi connectivity index (χ3v) is 8.66. The van der Waals surface area contributed by atoms with E-state index in [1.165, 1.54) is 0 Å². The number of nitrogens with one attached hydrogen (secondary N) is 2. The van der Waals surface area contributed by atoms with Crippen molar-refractivity contribution in [2.45, 2.75) is 76.0 Å². The van der Waals surface area contributed by atoms with Crippen LogP contribution in [0.1, 0.15) is 62.5 Å². The predicted molar refractivity (Wildman–Crippen MR) is 149 cm³/mol. The van der Waals surface area contributed by atoms with Crippen LogP contribution in [0, 0.1) is 19.8 Å². The lowest BCUT2D eigenvalue weighted by Crippen LogP contribution is -2.46. The highest BCUT2D eigenvalue weighted by Crippen LogP contribution is 2.30. The van der Waals surface area contributed by atoms with E-state index in [1.54, 1.807) is 26.0 Å². The molecule has 1 atom stereocenters. The van der Waals surface area contributed by atoms with Crippen LogP contribution in [0.3, 0.4) is 0 Å². The molecule has 0 aliphatic heterocycles. The largest absolute Gasteiger partial charge is 0.388 e. The Bertz CT molecular complexity index is 1340. The highest BCUT2D eigenvalue weighted by Gasteiger charge is 2.34. The van der Waals surface area contributed by atoms with Gasteiger partial charge in [-0.15, -0.1) is 0 Å². The molecule has 202 valence electrons. The second-order valence-corrected chi connectivity index (χ2v) is 12.6. The molecule has 1 heterocycles. The molecule has 0 saturated heterocycles. The zero-order chi connectivity index (χ0) is 27.5. The van der Waals surface area contributed by atoms with Crippen molar-refractivity contribution < 1.29 is 18.3 Å². The van der Waals surface area contributed by atoms with E-state index < -0.39 is 21.7 Å². The van der Waals surface area contributed by atoms with Gasteiger partial charge in [0.2, 0.25) is 15.9 Å². The van der Waals surface area contributed by atoms with Crippen LogP contribution in [0.5, 0.6) is 0 Å². The normalized spacial score (nSPS) is 19.1. The highest BCUT2D eigenvalue weighted by atomic mass is 32.2. The highest BCUT2D eigenvalue weighted by molar-refractivity contribution is 7.89. The van der Waals surface area contributed by atoms with Crippen molar-refractivity contribution in [1.29, 1.82) is 0 Å². The standard InChI is InChI=1S/C30H37N3O4S/c1-20-18-25(19-21(2)31-20)22-12-16-27(17-13-22)38(36,37)33-26-14-10-24(11-15-26)29(34)32-28(30(3,4)35)23-8-6-5-7-9-23/h5-9,12-13,16-19,24,26,28,33,35H,10-11,14-15H2,1-4H3,(H,32,34)/t24?,26?,28-/m0/s1. The Morgan fingerprint density at radius 1 is 0.921 bits per heavy atom. The number of pyridine rings is 1. The van der Waals surface area contributed by atoms with Gasteiger partial charge in [-0.05, 0) is 94.3 Å². The summed E-state index contributed by atoms with van der Waals surface area (Å²) in [5.41, 5.74) is 3.48. The lowest BCUT2D eigenvalue weighted by Gasteiger charge is -2.34. The summed E-state index contributed by atoms with van der Waals surface area (Å²) in [6.45, 7) is 7.24. The second-order valence-electron chi connectivity index (χ2n) is 10.8. The molecule has 38 heavy (non-hydrogen) atoms. The number of rotatable bonds is 8. The molecule has 2 aromatic carbocycles. The fourth-order valence-corrected chi connectivity index (χ4v) is 6.47. The van der Waals surface area contributed by atoms with Gasteiger partial charge < -0.3 is 10.4 Å². The maximum absolute atomic E-state index is 13.1. The second kappa shape index (κ2) is 11.4. The van der Waals surface area contributed by atoms with Crippen LogP contribution in [0.4, 0.5) is 0 Å². The van der Waals surface area contributed by atoms with Gasteiger partial charge >= 0.3 is 0 Å². The van der Waals surface area contributed by atoms with E-state index in [0.717, 1.165) is 28.1 Å². The molecule has 1 saturated carbocycles. The monoisotopic (exact) mass is 535 g/mol. The molecule has 3 aromatic rings. The minimum Gasteiger partial charge on any atom is -0.388 e. The van der Waals surface area contributed by atoms with Gasteiger partial charge in [-0.1, -0.05) is 42.5 Å². The fraction of sp³-hybridized carbons (Fsp3) is 0.400. The number of aromatic nitrogens is 1. The van der Waals surface area contributed by atoms with Gasteiger partial charge in [0.1, 0.15) is 0 Å². The molecular weight excluding hydrogens is 498 g/mol. The molecule has 0 unspecified atom stereocenters. The van der Waals surface area contributed by atoms with Crippen LogP contribution < -0.4 is 10.0 Å². The number of hydrogen-bond acceptors (Lipinski definition) is 5. The van der Waals surface area contributed by atoms with Gasteiger partial charge in [-0.3, -0.25) is 9.78 Å². The van der Waals surface area contributed by atoms with Crippen LogP contribution in [-0.4, -0.2) is 36.1 Å². The van der Waals surface area contributed by atoms with Crippen LogP contribution in [0.2, 0.25) is 0 Å². The Labute approximate surface area is 225 Å². The number of hydrogen-bond donors (Lipinski definition) is 3. The van der Waals surface area contributed by atoms with Gasteiger partial charge in [-0.2, -0.15) is 0 Å². The van der Waals surface area contributed by atoms with E-state index in [-0.39, 0.29) is 22.8 Å². The average molecular weight is 536 g/mol. The molecule has 1 aliphatic rings. The summed E-state index contributed by atoms with van der Waals surface area (Å²) in [5, 5.41) is 13.7. The summed E-state index contributed by atoms with van der Waals surface area (Å²) in [7, 11) is -3.68. The van der Waals surface area contributed by atoms with Gasteiger partial charge in [0.25, 0.3) is 0 Å². The van der Waals surface area contributed by atoms with Crippen molar-refractivity contribution in [1.82, 2.24) is 15.0 Å². The van der Waals surface area contributed by atoms with Crippen LogP contribution in [-0.2, 0) is 14.8 Å². The maximum Gasteiger partial charge on any atom is 0.240 e. The molecular formula is C30H37N3O4S. The van der Waals surface area contributed by atoms with Crippen molar-refractivity contribution in [3.8, 4) is 11.1 Å². The van der Waals surface area contributed by atoms with Crippen LogP contribution in [0.15, 0.2) is 71.6 Å². The van der Waals surface area contributed by atoms with Gasteiger partial charge in [0, 0.05) is 23.3 Å². The fourth-order valence-electron chi connectivity index (χ4n) is 5.16. The minimum atomic E-state index is -3.68. The molecule has 1 aromatic heterocycles. The smallest absolute Gasteiger partial charge is 0.240 e. The van der Waals surface area contributed by atoms with Crippen molar-refractivity contribution in [2.75, 3.05) is 0 Å². The van der Waals surface area contributed by atoms with Crippen LogP contribution in [0.25, 0.3) is 11.1 Å². The predicted octanol–water partition coefficient (Wildman–Crippen LogP) is 4.83. The van der Waals surface area contributed by atoms with Crippen LogP contribution >= 0.6 is 0 Å². The van der Waals surface area contributed by atoms with E-state index in [9.17, 15) is 18.3 Å². The summed E-state index contributed by atoms with van der Waals surface area (Å²) >= 11 is 0. The summed E-state index contributed by atoms with van der Waals surface area (Å²) in [4.78, 5) is 17.7. The molecule has 4 rings (SSSR count). The number of amides is 1. The molecule has 7 nitrogen and oxygen atoms in total. The molecule has 0 radical (unpaired) electrons. The first-order chi connectivity index (χ1) is 17.9. The number of aryl methyl sites for hydroxylation is 2. The first kappa shape index (κ1) is 28.0. The minimum absolute atomic E-state index is 0.112. The Kier molecular flexibility index (Phi) is 8.35. The summed E-state index contributed by atoms with van der Waals surface area (Å²) < 4.78 is 28.9. The van der Waals surface area contributed by atoms with Gasteiger partial charge in [0.05, 0.1) is 16.5 Å². The Morgan fingerprint density at radius 3 is 2.05 bits per heavy atom. The summed E-state index contributed by atoms with van der Waals surface area (Å²) in [5.74, 6) is -0.338. The Morgan fingerprint density at radius 2 is 1.50 bits per heavy atom. The first-order valence-corrected chi connectivity index (χ1v) is 14.6.